The Bertz CT molecular complexity index is 710. The molecule has 2 aromatic rings. The van der Waals surface area contributed by atoms with Crippen LogP contribution in [-0.4, -0.2) is 53.2 Å². The van der Waals surface area contributed by atoms with Crippen LogP contribution in [0.4, 0.5) is 14.7 Å². The predicted octanol–water partition coefficient (Wildman–Crippen LogP) is 2.23. The monoisotopic (exact) mass is 346 g/mol. The lowest BCUT2D eigenvalue weighted by Gasteiger charge is -2.37. The molecule has 2 aliphatic heterocycles. The minimum Gasteiger partial charge on any atom is -0.372 e. The summed E-state index contributed by atoms with van der Waals surface area (Å²) in [6.07, 6.45) is 3.53. The second kappa shape index (κ2) is 7.01. The number of ether oxygens (including phenoxy) is 1. The van der Waals surface area contributed by atoms with E-state index in [1.165, 1.54) is 24.5 Å². The van der Waals surface area contributed by atoms with Crippen LogP contribution in [0.5, 0.6) is 0 Å². The van der Waals surface area contributed by atoms with Gasteiger partial charge >= 0.3 is 0 Å². The Labute approximate surface area is 145 Å². The smallest absolute Gasteiger partial charge is 0.225 e. The molecule has 3 heterocycles. The van der Waals surface area contributed by atoms with Gasteiger partial charge in [0.1, 0.15) is 5.82 Å². The van der Waals surface area contributed by atoms with E-state index in [1.54, 1.807) is 12.1 Å². The molecule has 25 heavy (non-hydrogen) atoms. The van der Waals surface area contributed by atoms with Crippen LogP contribution in [0.3, 0.4) is 0 Å². The molecule has 1 aromatic carbocycles. The highest BCUT2D eigenvalue weighted by Gasteiger charge is 2.37. The summed E-state index contributed by atoms with van der Waals surface area (Å²) in [5.41, 5.74) is 0.979. The second-order valence-electron chi connectivity index (χ2n) is 6.59. The summed E-state index contributed by atoms with van der Waals surface area (Å²) in [5, 5.41) is 0. The zero-order valence-corrected chi connectivity index (χ0v) is 13.8. The van der Waals surface area contributed by atoms with Crippen LogP contribution in [-0.2, 0) is 11.3 Å². The van der Waals surface area contributed by atoms with E-state index >= 15 is 0 Å². The van der Waals surface area contributed by atoms with Gasteiger partial charge in [0.2, 0.25) is 5.95 Å². The highest BCUT2D eigenvalue weighted by Crippen LogP contribution is 2.26. The third-order valence-electron chi connectivity index (χ3n) is 4.87. The van der Waals surface area contributed by atoms with Gasteiger partial charge in [-0.3, -0.25) is 4.90 Å². The van der Waals surface area contributed by atoms with E-state index in [0.717, 1.165) is 38.2 Å². The van der Waals surface area contributed by atoms with Gasteiger partial charge in [-0.15, -0.1) is 0 Å². The van der Waals surface area contributed by atoms with Gasteiger partial charge in [-0.1, -0.05) is 12.1 Å². The van der Waals surface area contributed by atoms with Gasteiger partial charge in [0.05, 0.1) is 25.1 Å². The third-order valence-corrected chi connectivity index (χ3v) is 4.87. The van der Waals surface area contributed by atoms with Gasteiger partial charge in [-0.25, -0.2) is 18.7 Å². The number of aromatic nitrogens is 2. The molecule has 0 bridgehead atoms. The van der Waals surface area contributed by atoms with Crippen LogP contribution in [0.25, 0.3) is 0 Å². The zero-order chi connectivity index (χ0) is 17.2. The van der Waals surface area contributed by atoms with Gasteiger partial charge < -0.3 is 9.64 Å². The van der Waals surface area contributed by atoms with E-state index in [-0.39, 0.29) is 11.9 Å². The van der Waals surface area contributed by atoms with Crippen LogP contribution >= 0.6 is 0 Å². The summed E-state index contributed by atoms with van der Waals surface area (Å²) in [6, 6.07) is 6.81. The van der Waals surface area contributed by atoms with E-state index in [2.05, 4.69) is 19.8 Å². The highest BCUT2D eigenvalue weighted by atomic mass is 19.1. The number of rotatable bonds is 4. The Kier molecular flexibility index (Phi) is 4.59. The van der Waals surface area contributed by atoms with Crippen molar-refractivity contribution in [3.63, 3.8) is 0 Å². The van der Waals surface area contributed by atoms with Crippen molar-refractivity contribution in [2.45, 2.75) is 25.2 Å². The molecule has 7 heteroatoms. The summed E-state index contributed by atoms with van der Waals surface area (Å²) in [5.74, 6) is -0.0703. The fourth-order valence-electron chi connectivity index (χ4n) is 3.56. The Morgan fingerprint density at radius 2 is 1.76 bits per heavy atom. The van der Waals surface area contributed by atoms with E-state index in [1.807, 2.05) is 0 Å². The summed E-state index contributed by atoms with van der Waals surface area (Å²) in [4.78, 5) is 12.7. The maximum atomic E-state index is 13.0. The molecule has 2 atom stereocenters. The number of fused-ring (bicyclic) bond motifs is 1. The predicted molar refractivity (Wildman–Crippen MR) is 89.2 cm³/mol. The van der Waals surface area contributed by atoms with Crippen molar-refractivity contribution in [1.29, 1.82) is 0 Å². The van der Waals surface area contributed by atoms with Crippen molar-refractivity contribution >= 4 is 5.95 Å². The molecule has 132 valence electrons. The average Bonchev–Trinajstić information content (AvgIpc) is 3.04. The fraction of sp³-hybridized carbons (Fsp3) is 0.444. The lowest BCUT2D eigenvalue weighted by Crippen LogP contribution is -2.50. The molecule has 5 nitrogen and oxygen atoms in total. The molecule has 1 aromatic heterocycles. The van der Waals surface area contributed by atoms with Crippen molar-refractivity contribution in [3.8, 4) is 0 Å². The summed E-state index contributed by atoms with van der Waals surface area (Å²) in [7, 11) is 0. The number of piperazine rings is 1. The minimum atomic E-state index is -0.419. The number of hydrogen-bond acceptors (Lipinski definition) is 5. The van der Waals surface area contributed by atoms with Crippen LogP contribution in [0.1, 0.15) is 12.0 Å². The van der Waals surface area contributed by atoms with Crippen LogP contribution in [0.15, 0.2) is 36.7 Å². The molecule has 0 unspecified atom stereocenters. The summed E-state index contributed by atoms with van der Waals surface area (Å²) >= 11 is 0. The molecule has 0 saturated carbocycles. The van der Waals surface area contributed by atoms with Gasteiger partial charge in [0, 0.05) is 32.2 Å². The number of anilines is 1. The lowest BCUT2D eigenvalue weighted by atomic mass is 10.1. The van der Waals surface area contributed by atoms with Crippen molar-refractivity contribution in [3.05, 3.63) is 53.9 Å². The standard InChI is InChI=1S/C18H20F2N4O/c19-14-3-1-13(2-4-14)12-25-17-7-16-10-24(6-5-23(16)11-17)18-21-8-15(20)9-22-18/h1-4,8-9,16-17H,5-7,10-12H2/t16-,17-/m0/s1. The number of nitrogens with zero attached hydrogens (tertiary/aromatic N) is 4. The van der Waals surface area contributed by atoms with Gasteiger partial charge in [-0.2, -0.15) is 0 Å². The summed E-state index contributed by atoms with van der Waals surface area (Å²) in [6.45, 7) is 3.97. The molecule has 0 radical (unpaired) electrons. The van der Waals surface area contributed by atoms with Gasteiger partial charge in [0.15, 0.2) is 5.82 Å². The largest absolute Gasteiger partial charge is 0.372 e. The molecule has 2 aliphatic rings. The first-order valence-corrected chi connectivity index (χ1v) is 8.50. The fourth-order valence-corrected chi connectivity index (χ4v) is 3.56. The molecule has 2 fully saturated rings. The number of hydrogen-bond donors (Lipinski definition) is 0. The van der Waals surface area contributed by atoms with Crippen molar-refractivity contribution in [2.75, 3.05) is 31.1 Å². The molecule has 2 saturated heterocycles. The Hall–Kier alpha value is -2.12. The first kappa shape index (κ1) is 16.4. The van der Waals surface area contributed by atoms with Crippen molar-refractivity contribution < 1.29 is 13.5 Å². The molecule has 0 amide bonds. The molecular formula is C18H20F2N4O. The van der Waals surface area contributed by atoms with Gasteiger partial charge in [-0.05, 0) is 24.1 Å². The first-order chi connectivity index (χ1) is 12.2. The van der Waals surface area contributed by atoms with E-state index in [0.29, 0.717) is 18.6 Å². The molecule has 0 aliphatic carbocycles. The maximum absolute atomic E-state index is 13.0. The lowest BCUT2D eigenvalue weighted by molar-refractivity contribution is 0.0469. The minimum absolute atomic E-state index is 0.170. The first-order valence-electron chi connectivity index (χ1n) is 8.50. The van der Waals surface area contributed by atoms with Crippen molar-refractivity contribution in [2.24, 2.45) is 0 Å². The van der Waals surface area contributed by atoms with Crippen LogP contribution in [0, 0.1) is 11.6 Å². The molecule has 0 N–H and O–H groups in total. The van der Waals surface area contributed by atoms with E-state index in [9.17, 15) is 8.78 Å². The maximum Gasteiger partial charge on any atom is 0.225 e. The molecule has 0 spiro atoms. The van der Waals surface area contributed by atoms with Gasteiger partial charge in [0.25, 0.3) is 0 Å². The molecule has 4 rings (SSSR count). The Balaban J connectivity index is 1.32. The highest BCUT2D eigenvalue weighted by molar-refractivity contribution is 5.30. The topological polar surface area (TPSA) is 41.5 Å². The Morgan fingerprint density at radius 3 is 2.52 bits per heavy atom. The Morgan fingerprint density at radius 1 is 1.00 bits per heavy atom. The van der Waals surface area contributed by atoms with Crippen LogP contribution < -0.4 is 4.90 Å². The average molecular weight is 346 g/mol. The second-order valence-corrected chi connectivity index (χ2v) is 6.59. The quantitative estimate of drug-likeness (QED) is 0.849. The van der Waals surface area contributed by atoms with E-state index < -0.39 is 5.82 Å². The van der Waals surface area contributed by atoms with Crippen molar-refractivity contribution in [1.82, 2.24) is 14.9 Å². The molecular weight excluding hydrogens is 326 g/mol. The van der Waals surface area contributed by atoms with E-state index in [4.69, 9.17) is 4.74 Å². The third kappa shape index (κ3) is 3.77. The SMILES string of the molecule is Fc1ccc(CO[C@H]2C[C@H]3CN(c4ncc(F)cn4)CCN3C2)cc1. The normalized spacial score (nSPS) is 23.7. The van der Waals surface area contributed by atoms with Crippen LogP contribution in [0.2, 0.25) is 0 Å². The zero-order valence-electron chi connectivity index (χ0n) is 13.8. The number of benzene rings is 1. The summed E-state index contributed by atoms with van der Waals surface area (Å²) < 4.78 is 31.9. The number of halogens is 2.